The van der Waals surface area contributed by atoms with Crippen molar-refractivity contribution in [1.29, 1.82) is 0 Å². The van der Waals surface area contributed by atoms with E-state index in [4.69, 9.17) is 5.73 Å². The van der Waals surface area contributed by atoms with E-state index in [1.165, 1.54) is 0 Å². The van der Waals surface area contributed by atoms with Crippen LogP contribution in [0.4, 0.5) is 0 Å². The summed E-state index contributed by atoms with van der Waals surface area (Å²) in [7, 11) is 0. The summed E-state index contributed by atoms with van der Waals surface area (Å²) in [6.07, 6.45) is 4.38. The maximum atomic E-state index is 11.7. The van der Waals surface area contributed by atoms with E-state index in [0.717, 1.165) is 18.6 Å². The Morgan fingerprint density at radius 2 is 2.06 bits per heavy atom. The molecule has 4 nitrogen and oxygen atoms in total. The van der Waals surface area contributed by atoms with Gasteiger partial charge in [0, 0.05) is 12.0 Å². The molecule has 0 aromatic heterocycles. The van der Waals surface area contributed by atoms with Crippen molar-refractivity contribution in [2.45, 2.75) is 39.2 Å². The molecule has 0 fully saturated rings. The van der Waals surface area contributed by atoms with Crippen LogP contribution in [0.5, 0.6) is 0 Å². The molecule has 0 rings (SSSR count). The number of rotatable bonds is 9. The van der Waals surface area contributed by atoms with Crippen molar-refractivity contribution in [3.63, 3.8) is 0 Å². The van der Waals surface area contributed by atoms with Crippen LogP contribution in [-0.2, 0) is 4.79 Å². The minimum absolute atomic E-state index is 0.0975. The monoisotopic (exact) mass is 262 g/mol. The minimum Gasteiger partial charge on any atom is -0.396 e. The Balaban J connectivity index is 4.12. The number of carbonyl (C=O) groups is 1. The zero-order chi connectivity index (χ0) is 13.3. The van der Waals surface area contributed by atoms with Gasteiger partial charge in [-0.25, -0.2) is 0 Å². The van der Waals surface area contributed by atoms with E-state index in [2.05, 4.69) is 5.32 Å². The van der Waals surface area contributed by atoms with E-state index in [-0.39, 0.29) is 17.9 Å². The van der Waals surface area contributed by atoms with E-state index >= 15 is 0 Å². The van der Waals surface area contributed by atoms with Gasteiger partial charge in [0.2, 0.25) is 5.91 Å². The molecule has 1 atom stereocenters. The van der Waals surface area contributed by atoms with Crippen LogP contribution < -0.4 is 11.1 Å². The van der Waals surface area contributed by atoms with Crippen molar-refractivity contribution in [1.82, 2.24) is 5.32 Å². The zero-order valence-corrected chi connectivity index (χ0v) is 12.0. The molecule has 0 aromatic carbocycles. The van der Waals surface area contributed by atoms with Crippen LogP contribution in [0.3, 0.4) is 0 Å². The SMILES string of the molecule is CCC(CC)(CO)CNC(=O)[C@H](N)CCSC. The number of aliphatic hydroxyl groups excluding tert-OH is 1. The molecule has 0 aliphatic carbocycles. The fraction of sp³-hybridized carbons (Fsp3) is 0.917. The van der Waals surface area contributed by atoms with Gasteiger partial charge in [0.1, 0.15) is 0 Å². The topological polar surface area (TPSA) is 75.3 Å². The standard InChI is InChI=1S/C12H26N2O2S/c1-4-12(5-2,9-15)8-14-11(16)10(13)6-7-17-3/h10,15H,4-9,13H2,1-3H3,(H,14,16)/t10-/m1/s1. The highest BCUT2D eigenvalue weighted by Gasteiger charge is 2.26. The summed E-state index contributed by atoms with van der Waals surface area (Å²) < 4.78 is 0. The number of nitrogens with one attached hydrogen (secondary N) is 1. The fourth-order valence-electron chi connectivity index (χ4n) is 1.56. The Morgan fingerprint density at radius 3 is 2.47 bits per heavy atom. The molecule has 0 radical (unpaired) electrons. The lowest BCUT2D eigenvalue weighted by Crippen LogP contribution is -2.46. The second kappa shape index (κ2) is 8.78. The van der Waals surface area contributed by atoms with Gasteiger partial charge in [-0.15, -0.1) is 0 Å². The Bertz CT molecular complexity index is 212. The van der Waals surface area contributed by atoms with Crippen LogP contribution in [0.1, 0.15) is 33.1 Å². The van der Waals surface area contributed by atoms with Crippen LogP contribution in [-0.4, -0.2) is 42.2 Å². The van der Waals surface area contributed by atoms with Crippen molar-refractivity contribution in [3.8, 4) is 0 Å². The molecular weight excluding hydrogens is 236 g/mol. The van der Waals surface area contributed by atoms with Gasteiger partial charge in [-0.2, -0.15) is 11.8 Å². The smallest absolute Gasteiger partial charge is 0.236 e. The molecule has 102 valence electrons. The first kappa shape index (κ1) is 16.7. The largest absolute Gasteiger partial charge is 0.396 e. The van der Waals surface area contributed by atoms with Crippen LogP contribution in [0.25, 0.3) is 0 Å². The summed E-state index contributed by atoms with van der Waals surface area (Å²) in [4.78, 5) is 11.7. The lowest BCUT2D eigenvalue weighted by molar-refractivity contribution is -0.123. The molecule has 0 aliphatic heterocycles. The van der Waals surface area contributed by atoms with E-state index in [1.807, 2.05) is 20.1 Å². The number of nitrogens with two attached hydrogens (primary N) is 1. The molecule has 0 spiro atoms. The van der Waals surface area contributed by atoms with E-state index in [0.29, 0.717) is 13.0 Å². The average molecular weight is 262 g/mol. The quantitative estimate of drug-likeness (QED) is 0.579. The fourth-order valence-corrected chi connectivity index (χ4v) is 2.05. The predicted molar refractivity (Wildman–Crippen MR) is 74.1 cm³/mol. The lowest BCUT2D eigenvalue weighted by Gasteiger charge is -2.30. The van der Waals surface area contributed by atoms with E-state index < -0.39 is 6.04 Å². The van der Waals surface area contributed by atoms with Crippen molar-refractivity contribution in [3.05, 3.63) is 0 Å². The third kappa shape index (κ3) is 5.75. The predicted octanol–water partition coefficient (Wildman–Crippen LogP) is 0.982. The average Bonchev–Trinajstić information content (AvgIpc) is 2.37. The van der Waals surface area contributed by atoms with E-state index in [9.17, 15) is 9.90 Å². The summed E-state index contributed by atoms with van der Waals surface area (Å²) in [6, 6.07) is -0.437. The highest BCUT2D eigenvalue weighted by atomic mass is 32.2. The second-order valence-electron chi connectivity index (χ2n) is 4.47. The van der Waals surface area contributed by atoms with Crippen LogP contribution >= 0.6 is 11.8 Å². The Kier molecular flexibility index (Phi) is 8.64. The Labute approximate surface area is 109 Å². The lowest BCUT2D eigenvalue weighted by atomic mass is 9.83. The number of hydrogen-bond donors (Lipinski definition) is 3. The number of amides is 1. The van der Waals surface area contributed by atoms with Crippen molar-refractivity contribution in [2.24, 2.45) is 11.1 Å². The maximum Gasteiger partial charge on any atom is 0.236 e. The summed E-state index contributed by atoms with van der Waals surface area (Å²) in [5.74, 6) is 0.778. The zero-order valence-electron chi connectivity index (χ0n) is 11.2. The molecule has 1 amide bonds. The summed E-state index contributed by atoms with van der Waals surface area (Å²) >= 11 is 1.68. The van der Waals surface area contributed by atoms with Crippen LogP contribution in [0.15, 0.2) is 0 Å². The normalized spacial score (nSPS) is 13.5. The van der Waals surface area contributed by atoms with Crippen molar-refractivity contribution in [2.75, 3.05) is 25.2 Å². The molecule has 0 unspecified atom stereocenters. The molecule has 0 bridgehead atoms. The third-order valence-electron chi connectivity index (χ3n) is 3.44. The number of carbonyl (C=O) groups excluding carboxylic acids is 1. The highest BCUT2D eigenvalue weighted by Crippen LogP contribution is 2.24. The Morgan fingerprint density at radius 1 is 1.47 bits per heavy atom. The van der Waals surface area contributed by atoms with Crippen molar-refractivity contribution >= 4 is 17.7 Å². The number of hydrogen-bond acceptors (Lipinski definition) is 4. The molecule has 0 aromatic rings. The van der Waals surface area contributed by atoms with E-state index in [1.54, 1.807) is 11.8 Å². The summed E-state index contributed by atoms with van der Waals surface area (Å²) in [5, 5.41) is 12.2. The molecule has 0 saturated carbocycles. The highest BCUT2D eigenvalue weighted by molar-refractivity contribution is 7.98. The van der Waals surface area contributed by atoms with Gasteiger partial charge in [-0.05, 0) is 31.3 Å². The van der Waals surface area contributed by atoms with Crippen molar-refractivity contribution < 1.29 is 9.90 Å². The maximum absolute atomic E-state index is 11.7. The molecule has 5 heteroatoms. The summed E-state index contributed by atoms with van der Waals surface area (Å²) in [6.45, 7) is 4.65. The van der Waals surface area contributed by atoms with Gasteiger partial charge in [0.05, 0.1) is 12.6 Å². The van der Waals surface area contributed by atoms with Gasteiger partial charge >= 0.3 is 0 Å². The molecule has 0 heterocycles. The number of aliphatic hydroxyl groups is 1. The minimum atomic E-state index is -0.437. The molecular formula is C12H26N2O2S. The van der Waals surface area contributed by atoms with Crippen LogP contribution in [0.2, 0.25) is 0 Å². The van der Waals surface area contributed by atoms with Gasteiger partial charge in [0.15, 0.2) is 0 Å². The summed E-state index contributed by atoms with van der Waals surface area (Å²) in [5.41, 5.74) is 5.57. The van der Waals surface area contributed by atoms with Crippen LogP contribution in [0, 0.1) is 5.41 Å². The number of thioether (sulfide) groups is 1. The molecule has 0 aliphatic rings. The second-order valence-corrected chi connectivity index (χ2v) is 5.46. The first-order valence-electron chi connectivity index (χ1n) is 6.18. The van der Waals surface area contributed by atoms with Gasteiger partial charge in [-0.1, -0.05) is 13.8 Å². The molecule has 17 heavy (non-hydrogen) atoms. The van der Waals surface area contributed by atoms with Gasteiger partial charge < -0.3 is 16.2 Å². The first-order valence-corrected chi connectivity index (χ1v) is 7.57. The van der Waals surface area contributed by atoms with Gasteiger partial charge in [-0.3, -0.25) is 4.79 Å². The Hall–Kier alpha value is -0.260. The molecule has 4 N–H and O–H groups in total. The first-order chi connectivity index (χ1) is 8.05. The third-order valence-corrected chi connectivity index (χ3v) is 4.09. The molecule has 0 saturated heterocycles. The van der Waals surface area contributed by atoms with Gasteiger partial charge in [0.25, 0.3) is 0 Å².